The van der Waals surface area contributed by atoms with Gasteiger partial charge in [0, 0.05) is 43.1 Å². The van der Waals surface area contributed by atoms with Gasteiger partial charge in [0.15, 0.2) is 11.5 Å². The van der Waals surface area contributed by atoms with Gasteiger partial charge in [-0.1, -0.05) is 13.8 Å². The van der Waals surface area contributed by atoms with Gasteiger partial charge >= 0.3 is 0 Å². The van der Waals surface area contributed by atoms with E-state index in [9.17, 15) is 9.18 Å². The van der Waals surface area contributed by atoms with Crippen molar-refractivity contribution in [1.82, 2.24) is 34.0 Å². The van der Waals surface area contributed by atoms with Gasteiger partial charge in [-0.25, -0.2) is 19.3 Å². The molecule has 4 heterocycles. The SMILES string of the molecule is COc1ccc(CNc2nc3c(OC)cc(F)cc3c3nc(CCN4Cc5cnc(C(C)C)n5CC4=O)nn23)c(OC)c1. The quantitative estimate of drug-likeness (QED) is 0.258. The molecule has 12 nitrogen and oxygen atoms in total. The highest BCUT2D eigenvalue weighted by atomic mass is 19.1. The van der Waals surface area contributed by atoms with E-state index in [1.807, 2.05) is 22.9 Å². The number of ether oxygens (including phenoxy) is 3. The number of anilines is 1. The minimum absolute atomic E-state index is 0.0193. The van der Waals surface area contributed by atoms with E-state index in [-0.39, 0.29) is 24.1 Å². The number of carbonyl (C=O) groups is 1. The lowest BCUT2D eigenvalue weighted by molar-refractivity contribution is -0.134. The molecule has 6 rings (SSSR count). The van der Waals surface area contributed by atoms with Crippen LogP contribution in [0, 0.1) is 5.82 Å². The highest BCUT2D eigenvalue weighted by molar-refractivity contribution is 5.96. The molecule has 13 heteroatoms. The monoisotopic (exact) mass is 588 g/mol. The van der Waals surface area contributed by atoms with E-state index >= 15 is 0 Å². The van der Waals surface area contributed by atoms with Crippen molar-refractivity contribution in [2.24, 2.45) is 0 Å². The zero-order valence-electron chi connectivity index (χ0n) is 24.7. The Morgan fingerprint density at radius 1 is 1.02 bits per heavy atom. The van der Waals surface area contributed by atoms with E-state index in [1.165, 1.54) is 19.2 Å². The average molecular weight is 589 g/mol. The van der Waals surface area contributed by atoms with Crippen LogP contribution >= 0.6 is 0 Å². The molecule has 1 N–H and O–H groups in total. The highest BCUT2D eigenvalue weighted by Gasteiger charge is 2.27. The van der Waals surface area contributed by atoms with E-state index in [4.69, 9.17) is 29.3 Å². The molecule has 0 fully saturated rings. The number of nitrogens with one attached hydrogen (secondary N) is 1. The molecule has 0 radical (unpaired) electrons. The van der Waals surface area contributed by atoms with Gasteiger partial charge in [-0.15, -0.1) is 5.10 Å². The van der Waals surface area contributed by atoms with Crippen LogP contribution in [0.25, 0.3) is 16.6 Å². The van der Waals surface area contributed by atoms with Crippen LogP contribution in [0.2, 0.25) is 0 Å². The number of fused-ring (bicyclic) bond motifs is 4. The number of methoxy groups -OCH3 is 3. The molecular weight excluding hydrogens is 555 g/mol. The fraction of sp³-hybridized carbons (Fsp3) is 0.367. The summed E-state index contributed by atoms with van der Waals surface area (Å²) in [6, 6.07) is 8.21. The van der Waals surface area contributed by atoms with Gasteiger partial charge in [0.25, 0.3) is 0 Å². The number of carbonyl (C=O) groups excluding carboxylic acids is 1. The van der Waals surface area contributed by atoms with Crippen LogP contribution in [0.3, 0.4) is 0 Å². The maximum absolute atomic E-state index is 14.6. The first-order valence-electron chi connectivity index (χ1n) is 14.0. The molecule has 0 atom stereocenters. The molecule has 1 aliphatic rings. The number of rotatable bonds is 10. The number of nitrogens with zero attached hydrogens (tertiary/aromatic N) is 7. The Kier molecular flexibility index (Phi) is 7.46. The Balaban J connectivity index is 1.31. The second-order valence-corrected chi connectivity index (χ2v) is 10.6. The minimum Gasteiger partial charge on any atom is -0.497 e. The van der Waals surface area contributed by atoms with Crippen molar-refractivity contribution in [3.63, 3.8) is 0 Å². The Morgan fingerprint density at radius 2 is 1.84 bits per heavy atom. The summed E-state index contributed by atoms with van der Waals surface area (Å²) < 4.78 is 34.5. The van der Waals surface area contributed by atoms with Crippen LogP contribution < -0.4 is 19.5 Å². The first-order chi connectivity index (χ1) is 20.8. The van der Waals surface area contributed by atoms with Crippen molar-refractivity contribution in [2.45, 2.75) is 45.8 Å². The van der Waals surface area contributed by atoms with Crippen LogP contribution in [0.15, 0.2) is 36.5 Å². The summed E-state index contributed by atoms with van der Waals surface area (Å²) in [4.78, 5) is 28.8. The van der Waals surface area contributed by atoms with Gasteiger partial charge in [0.05, 0.1) is 45.2 Å². The second kappa shape index (κ2) is 11.4. The van der Waals surface area contributed by atoms with Crippen LogP contribution in [-0.2, 0) is 30.8 Å². The molecule has 5 aromatic rings. The maximum atomic E-state index is 14.6. The average Bonchev–Trinajstić information content (AvgIpc) is 3.63. The molecule has 43 heavy (non-hydrogen) atoms. The summed E-state index contributed by atoms with van der Waals surface area (Å²) >= 11 is 0. The predicted molar refractivity (Wildman–Crippen MR) is 157 cm³/mol. The standard InChI is InChI=1S/C30H33FN8O4/c1-17(2)28-32-14-20-15-37(26(40)16-38(20)28)9-8-25-34-29-22-10-19(31)11-24(43-5)27(22)35-30(39(29)36-25)33-13-18-6-7-21(41-3)12-23(18)42-4/h6-7,10-12,14,17H,8-9,13,15-16H2,1-5H3,(H,33,35). The van der Waals surface area contributed by atoms with Crippen LogP contribution in [0.4, 0.5) is 10.3 Å². The number of amides is 1. The van der Waals surface area contributed by atoms with E-state index in [1.54, 1.807) is 29.7 Å². The third-order valence-electron chi connectivity index (χ3n) is 7.59. The van der Waals surface area contributed by atoms with E-state index in [2.05, 4.69) is 24.1 Å². The smallest absolute Gasteiger partial charge is 0.242 e. The van der Waals surface area contributed by atoms with Crippen molar-refractivity contribution in [1.29, 1.82) is 0 Å². The fourth-order valence-corrected chi connectivity index (χ4v) is 5.39. The largest absolute Gasteiger partial charge is 0.497 e. The van der Waals surface area contributed by atoms with Gasteiger partial charge in [-0.05, 0) is 18.2 Å². The zero-order valence-corrected chi connectivity index (χ0v) is 24.7. The van der Waals surface area contributed by atoms with Gasteiger partial charge in [-0.3, -0.25) is 4.79 Å². The molecular formula is C30H33FN8O4. The summed E-state index contributed by atoms with van der Waals surface area (Å²) in [5.74, 6) is 3.19. The Labute approximate surface area is 247 Å². The molecule has 0 saturated carbocycles. The lowest BCUT2D eigenvalue weighted by atomic mass is 10.2. The third-order valence-corrected chi connectivity index (χ3v) is 7.59. The van der Waals surface area contributed by atoms with Crippen molar-refractivity contribution in [2.75, 3.05) is 33.2 Å². The van der Waals surface area contributed by atoms with Crippen molar-refractivity contribution >= 4 is 28.4 Å². The number of hydrogen-bond donors (Lipinski definition) is 1. The molecule has 1 aliphatic heterocycles. The second-order valence-electron chi connectivity index (χ2n) is 10.6. The Bertz CT molecular complexity index is 1830. The minimum atomic E-state index is -0.474. The molecule has 0 spiro atoms. The zero-order chi connectivity index (χ0) is 30.2. The first kappa shape index (κ1) is 28.2. The Morgan fingerprint density at radius 3 is 2.58 bits per heavy atom. The van der Waals surface area contributed by atoms with Gasteiger partial charge < -0.3 is 29.0 Å². The van der Waals surface area contributed by atoms with Gasteiger partial charge in [0.1, 0.15) is 41.0 Å². The number of hydrogen-bond acceptors (Lipinski definition) is 9. The molecule has 224 valence electrons. The topological polar surface area (TPSA) is 121 Å². The van der Waals surface area contributed by atoms with Crippen molar-refractivity contribution < 1.29 is 23.4 Å². The molecule has 0 unspecified atom stereocenters. The molecule has 0 bridgehead atoms. The normalized spacial score (nSPS) is 13.2. The molecule has 0 aliphatic carbocycles. The van der Waals surface area contributed by atoms with E-state index < -0.39 is 5.82 Å². The molecule has 1 amide bonds. The number of benzene rings is 2. The summed E-state index contributed by atoms with van der Waals surface area (Å²) in [6.45, 7) is 5.64. The number of halogens is 1. The van der Waals surface area contributed by atoms with Crippen LogP contribution in [-0.4, -0.2) is 67.8 Å². The van der Waals surface area contributed by atoms with Crippen LogP contribution in [0.5, 0.6) is 17.2 Å². The highest BCUT2D eigenvalue weighted by Crippen LogP contribution is 2.31. The summed E-state index contributed by atoms with van der Waals surface area (Å²) in [5, 5.41) is 8.51. The summed E-state index contributed by atoms with van der Waals surface area (Å²) in [7, 11) is 4.66. The lowest BCUT2D eigenvalue weighted by Crippen LogP contribution is -2.40. The van der Waals surface area contributed by atoms with E-state index in [0.717, 1.165) is 17.1 Å². The third kappa shape index (κ3) is 5.26. The van der Waals surface area contributed by atoms with Crippen molar-refractivity contribution in [3.05, 3.63) is 65.3 Å². The first-order valence-corrected chi connectivity index (χ1v) is 14.0. The predicted octanol–water partition coefficient (Wildman–Crippen LogP) is 3.96. The van der Waals surface area contributed by atoms with Crippen LogP contribution in [0.1, 0.15) is 42.7 Å². The van der Waals surface area contributed by atoms with E-state index in [0.29, 0.717) is 65.9 Å². The van der Waals surface area contributed by atoms with Gasteiger partial charge in [-0.2, -0.15) is 4.52 Å². The number of imidazole rings is 1. The maximum Gasteiger partial charge on any atom is 0.242 e. The lowest BCUT2D eigenvalue weighted by Gasteiger charge is -2.29. The summed E-state index contributed by atoms with van der Waals surface area (Å²) in [5.41, 5.74) is 2.74. The van der Waals surface area contributed by atoms with Crippen molar-refractivity contribution in [3.8, 4) is 17.2 Å². The molecule has 0 saturated heterocycles. The number of aromatic nitrogens is 6. The van der Waals surface area contributed by atoms with Gasteiger partial charge in [0.2, 0.25) is 11.9 Å². The Hall–Kier alpha value is -4.94. The summed E-state index contributed by atoms with van der Waals surface area (Å²) in [6.07, 6.45) is 2.24. The fourth-order valence-electron chi connectivity index (χ4n) is 5.39. The molecule has 2 aromatic carbocycles. The molecule has 3 aromatic heterocycles.